The largest absolute Gasteiger partial charge is 0.325 e. The molecule has 8 nitrogen and oxygen atoms in total. The van der Waals surface area contributed by atoms with Crippen LogP contribution in [0.4, 0.5) is 25.0 Å². The number of benzene rings is 2. The fourth-order valence-corrected chi connectivity index (χ4v) is 4.08. The van der Waals surface area contributed by atoms with Crippen molar-refractivity contribution in [1.29, 1.82) is 0 Å². The van der Waals surface area contributed by atoms with Gasteiger partial charge in [-0.1, -0.05) is 12.1 Å². The van der Waals surface area contributed by atoms with Crippen LogP contribution < -0.4 is 15.5 Å². The van der Waals surface area contributed by atoms with Crippen molar-refractivity contribution < 1.29 is 28.0 Å². The highest BCUT2D eigenvalue weighted by molar-refractivity contribution is 6.12. The maximum atomic E-state index is 14.3. The number of hydrogen-bond donors (Lipinski definition) is 2. The number of urea groups is 1. The van der Waals surface area contributed by atoms with Gasteiger partial charge in [-0.2, -0.15) is 0 Å². The lowest BCUT2D eigenvalue weighted by Crippen LogP contribution is -2.47. The standard InChI is InChI=1S/C22H20F2N4O4/c1-12-9-18(29)25-16-5-3-4-6-17(16)28(12)19(30)11-27-20(31)22(2,26-21(27)32)14-10-13(23)7-8-15(14)24/h3-8,10,12H,9,11H2,1-2H3,(H,25,29)(H,26,32). The lowest BCUT2D eigenvalue weighted by molar-refractivity contribution is -0.134. The Morgan fingerprint density at radius 3 is 2.62 bits per heavy atom. The summed E-state index contributed by atoms with van der Waals surface area (Å²) in [5.41, 5.74) is -1.35. The molecular formula is C22H20F2N4O4. The molecule has 2 atom stereocenters. The molecule has 5 amide bonds. The lowest BCUT2D eigenvalue weighted by Gasteiger charge is -2.29. The lowest BCUT2D eigenvalue weighted by atomic mass is 9.91. The molecule has 166 valence electrons. The molecule has 10 heteroatoms. The molecule has 2 aromatic carbocycles. The van der Waals surface area contributed by atoms with E-state index in [0.29, 0.717) is 16.3 Å². The Labute approximate surface area is 182 Å². The molecular weight excluding hydrogens is 422 g/mol. The highest BCUT2D eigenvalue weighted by Gasteiger charge is 2.51. The molecule has 32 heavy (non-hydrogen) atoms. The number of rotatable bonds is 3. The number of nitrogens with zero attached hydrogens (tertiary/aromatic N) is 2. The first-order chi connectivity index (χ1) is 15.1. The van der Waals surface area contributed by atoms with Crippen molar-refractivity contribution in [2.45, 2.75) is 31.8 Å². The summed E-state index contributed by atoms with van der Waals surface area (Å²) in [6, 6.07) is 7.84. The normalized spacial score (nSPS) is 22.9. The van der Waals surface area contributed by atoms with Crippen molar-refractivity contribution in [2.75, 3.05) is 16.8 Å². The second-order valence-corrected chi connectivity index (χ2v) is 7.95. The maximum Gasteiger partial charge on any atom is 0.325 e. The summed E-state index contributed by atoms with van der Waals surface area (Å²) in [4.78, 5) is 53.0. The highest BCUT2D eigenvalue weighted by Crippen LogP contribution is 2.33. The van der Waals surface area contributed by atoms with Crippen LogP contribution in [-0.2, 0) is 19.9 Å². The van der Waals surface area contributed by atoms with Gasteiger partial charge in [0.25, 0.3) is 5.91 Å². The predicted molar refractivity (Wildman–Crippen MR) is 111 cm³/mol. The Kier molecular flexibility index (Phi) is 5.15. The van der Waals surface area contributed by atoms with E-state index < -0.39 is 47.6 Å². The minimum absolute atomic E-state index is 0.0206. The Morgan fingerprint density at radius 1 is 1.16 bits per heavy atom. The van der Waals surface area contributed by atoms with E-state index in [4.69, 9.17) is 0 Å². The van der Waals surface area contributed by atoms with Gasteiger partial charge in [0.15, 0.2) is 0 Å². The monoisotopic (exact) mass is 442 g/mol. The number of hydrogen-bond acceptors (Lipinski definition) is 4. The van der Waals surface area contributed by atoms with Crippen LogP contribution in [0.2, 0.25) is 0 Å². The van der Waals surface area contributed by atoms with Gasteiger partial charge in [-0.05, 0) is 44.2 Å². The molecule has 0 spiro atoms. The first-order valence-corrected chi connectivity index (χ1v) is 9.92. The molecule has 2 aromatic rings. The maximum absolute atomic E-state index is 14.3. The van der Waals surface area contributed by atoms with Gasteiger partial charge < -0.3 is 15.5 Å². The van der Waals surface area contributed by atoms with Gasteiger partial charge in [-0.25, -0.2) is 13.6 Å². The number of amides is 5. The van der Waals surface area contributed by atoms with Crippen LogP contribution in [0, 0.1) is 11.6 Å². The van der Waals surface area contributed by atoms with E-state index in [-0.39, 0.29) is 17.9 Å². The summed E-state index contributed by atoms with van der Waals surface area (Å²) in [6.07, 6.45) is 0.0206. The molecule has 0 aromatic heterocycles. The zero-order valence-corrected chi connectivity index (χ0v) is 17.3. The van der Waals surface area contributed by atoms with Crippen LogP contribution in [0.5, 0.6) is 0 Å². The Morgan fingerprint density at radius 2 is 1.88 bits per heavy atom. The Balaban J connectivity index is 1.64. The average Bonchev–Trinajstić information content (AvgIpc) is 2.86. The van der Waals surface area contributed by atoms with E-state index in [1.807, 2.05) is 0 Å². The molecule has 2 aliphatic rings. The van der Waals surface area contributed by atoms with Gasteiger partial charge in [0.1, 0.15) is 23.7 Å². The van der Waals surface area contributed by atoms with Gasteiger partial charge in [0.2, 0.25) is 11.8 Å². The molecule has 2 heterocycles. The average molecular weight is 442 g/mol. The number of fused-ring (bicyclic) bond motifs is 1. The zero-order chi connectivity index (χ0) is 23.2. The SMILES string of the molecule is CC1CC(=O)Nc2ccccc2N1C(=O)CN1C(=O)NC(C)(c2cc(F)ccc2F)C1=O. The van der Waals surface area contributed by atoms with E-state index in [0.717, 1.165) is 18.2 Å². The molecule has 2 N–H and O–H groups in total. The van der Waals surface area contributed by atoms with Gasteiger partial charge in [-0.3, -0.25) is 19.3 Å². The summed E-state index contributed by atoms with van der Waals surface area (Å²) in [7, 11) is 0. The van der Waals surface area contributed by atoms with E-state index in [9.17, 15) is 28.0 Å². The smallest absolute Gasteiger partial charge is 0.324 e. The first-order valence-electron chi connectivity index (χ1n) is 9.92. The predicted octanol–water partition coefficient (Wildman–Crippen LogP) is 2.50. The van der Waals surface area contributed by atoms with Gasteiger partial charge in [0, 0.05) is 18.0 Å². The molecule has 1 fully saturated rings. The van der Waals surface area contributed by atoms with E-state index in [2.05, 4.69) is 10.6 Å². The van der Waals surface area contributed by atoms with Crippen LogP contribution in [-0.4, -0.2) is 41.2 Å². The summed E-state index contributed by atoms with van der Waals surface area (Å²) in [6.45, 7) is 2.30. The minimum atomic E-state index is -1.87. The van der Waals surface area contributed by atoms with Crippen molar-refractivity contribution >= 4 is 35.1 Å². The highest BCUT2D eigenvalue weighted by atomic mass is 19.1. The fourth-order valence-electron chi connectivity index (χ4n) is 4.08. The summed E-state index contributed by atoms with van der Waals surface area (Å²) in [5, 5.41) is 5.09. The summed E-state index contributed by atoms with van der Waals surface area (Å²) >= 11 is 0. The van der Waals surface area contributed by atoms with Crippen molar-refractivity contribution in [2.24, 2.45) is 0 Å². The number of carbonyl (C=O) groups is 4. The third-order valence-electron chi connectivity index (χ3n) is 5.66. The summed E-state index contributed by atoms with van der Waals surface area (Å²) in [5.74, 6) is -3.40. The quantitative estimate of drug-likeness (QED) is 0.714. The third kappa shape index (κ3) is 3.47. The molecule has 0 radical (unpaired) electrons. The third-order valence-corrected chi connectivity index (χ3v) is 5.66. The number of nitrogens with one attached hydrogen (secondary N) is 2. The van der Waals surface area contributed by atoms with Crippen molar-refractivity contribution in [3.05, 3.63) is 59.7 Å². The van der Waals surface area contributed by atoms with Crippen LogP contribution in [0.3, 0.4) is 0 Å². The van der Waals surface area contributed by atoms with Crippen molar-refractivity contribution in [1.82, 2.24) is 10.2 Å². The Bertz CT molecular complexity index is 1150. The van der Waals surface area contributed by atoms with Gasteiger partial charge >= 0.3 is 6.03 Å². The second-order valence-electron chi connectivity index (χ2n) is 7.95. The van der Waals surface area contributed by atoms with Crippen molar-refractivity contribution in [3.63, 3.8) is 0 Å². The van der Waals surface area contributed by atoms with Crippen LogP contribution in [0.15, 0.2) is 42.5 Å². The fraction of sp³-hybridized carbons (Fsp3) is 0.273. The molecule has 2 aliphatic heterocycles. The number of anilines is 2. The number of para-hydroxylation sites is 2. The topological polar surface area (TPSA) is 98.8 Å². The van der Waals surface area contributed by atoms with Gasteiger partial charge in [-0.15, -0.1) is 0 Å². The molecule has 0 aliphatic carbocycles. The van der Waals surface area contributed by atoms with Crippen LogP contribution in [0.25, 0.3) is 0 Å². The van der Waals surface area contributed by atoms with E-state index in [1.54, 1.807) is 31.2 Å². The van der Waals surface area contributed by atoms with Crippen LogP contribution in [0.1, 0.15) is 25.8 Å². The van der Waals surface area contributed by atoms with E-state index >= 15 is 0 Å². The molecule has 4 rings (SSSR count). The number of imide groups is 1. The molecule has 2 unspecified atom stereocenters. The van der Waals surface area contributed by atoms with Crippen LogP contribution >= 0.6 is 0 Å². The minimum Gasteiger partial charge on any atom is -0.324 e. The molecule has 1 saturated heterocycles. The first kappa shape index (κ1) is 21.4. The van der Waals surface area contributed by atoms with E-state index in [1.165, 1.54) is 11.8 Å². The second kappa shape index (κ2) is 7.70. The zero-order valence-electron chi connectivity index (χ0n) is 17.3. The molecule has 0 saturated carbocycles. The number of carbonyl (C=O) groups excluding carboxylic acids is 4. The van der Waals surface area contributed by atoms with Gasteiger partial charge in [0.05, 0.1) is 11.4 Å². The summed E-state index contributed by atoms with van der Waals surface area (Å²) < 4.78 is 28.0. The number of halogens is 2. The van der Waals surface area contributed by atoms with Crippen molar-refractivity contribution in [3.8, 4) is 0 Å². The Hall–Kier alpha value is -3.82. The molecule has 0 bridgehead atoms.